The molecule has 2 nitrogen and oxygen atoms in total. The molecule has 2 atom stereocenters. The van der Waals surface area contributed by atoms with Crippen LogP contribution >= 0.6 is 0 Å². The quantitative estimate of drug-likeness (QED) is 0.483. The topological polar surface area (TPSA) is 40.5 Å². The van der Waals surface area contributed by atoms with Gasteiger partial charge >= 0.3 is 0 Å². The molecule has 0 aromatic carbocycles. The molecule has 0 aliphatic rings. The summed E-state index contributed by atoms with van der Waals surface area (Å²) in [7, 11) is 0. The molecule has 0 rings (SSSR count). The molecule has 0 heterocycles. The van der Waals surface area contributed by atoms with Crippen LogP contribution in [0.3, 0.4) is 0 Å². The molecule has 2 N–H and O–H groups in total. The molecule has 0 amide bonds. The van der Waals surface area contributed by atoms with Crippen LogP contribution in [0, 0.1) is 11.3 Å². The van der Waals surface area contributed by atoms with Crippen molar-refractivity contribution >= 4 is 0 Å². The monoisotopic (exact) mass is 272 g/mol. The number of aliphatic hydroxyl groups is 2. The third kappa shape index (κ3) is 9.45. The lowest BCUT2D eigenvalue weighted by atomic mass is 9.75. The lowest BCUT2D eigenvalue weighted by Crippen LogP contribution is -2.20. The predicted molar refractivity (Wildman–Crippen MR) is 83.3 cm³/mol. The van der Waals surface area contributed by atoms with Gasteiger partial charge in [-0.2, -0.15) is 0 Å². The Bertz CT molecular complexity index is 194. The summed E-state index contributed by atoms with van der Waals surface area (Å²) >= 11 is 0. The maximum Gasteiger partial charge on any atom is 0.0460 e. The van der Waals surface area contributed by atoms with Gasteiger partial charge in [-0.05, 0) is 43.4 Å². The van der Waals surface area contributed by atoms with E-state index in [1.165, 1.54) is 51.4 Å². The Morgan fingerprint density at radius 1 is 0.842 bits per heavy atom. The average molecular weight is 272 g/mol. The second kappa shape index (κ2) is 11.7. The highest BCUT2D eigenvalue weighted by Gasteiger charge is 2.24. The Balaban J connectivity index is 4.22. The number of hydrogen-bond acceptors (Lipinski definition) is 2. The summed E-state index contributed by atoms with van der Waals surface area (Å²) in [5, 5.41) is 18.3. The summed E-state index contributed by atoms with van der Waals surface area (Å²) in [5.74, 6) is 0.289. The van der Waals surface area contributed by atoms with Crippen molar-refractivity contribution in [2.45, 2.75) is 85.0 Å². The Morgan fingerprint density at radius 3 is 2.00 bits per heavy atom. The van der Waals surface area contributed by atoms with Crippen molar-refractivity contribution < 1.29 is 10.2 Å². The summed E-state index contributed by atoms with van der Waals surface area (Å²) in [6, 6.07) is 0. The van der Waals surface area contributed by atoms with Gasteiger partial charge in [0.05, 0.1) is 0 Å². The highest BCUT2D eigenvalue weighted by Crippen LogP contribution is 2.37. The fourth-order valence-electron chi connectivity index (χ4n) is 2.84. The van der Waals surface area contributed by atoms with Gasteiger partial charge in [-0.15, -0.1) is 0 Å². The Morgan fingerprint density at radius 2 is 1.47 bits per heavy atom. The van der Waals surface area contributed by atoms with Gasteiger partial charge in [0.15, 0.2) is 0 Å². The third-order valence-corrected chi connectivity index (χ3v) is 4.47. The molecule has 0 saturated carbocycles. The Labute approximate surface area is 120 Å². The Kier molecular flexibility index (Phi) is 11.7. The van der Waals surface area contributed by atoms with E-state index in [2.05, 4.69) is 20.8 Å². The molecule has 0 bridgehead atoms. The zero-order chi connectivity index (χ0) is 14.6. The number of aliphatic hydroxyl groups excluding tert-OH is 2. The molecule has 1 unspecified atom stereocenters. The minimum atomic E-state index is 0.201. The average Bonchev–Trinajstić information content (AvgIpc) is 2.42. The molecule has 0 aromatic rings. The van der Waals surface area contributed by atoms with Gasteiger partial charge in [0, 0.05) is 13.2 Å². The van der Waals surface area contributed by atoms with Gasteiger partial charge in [-0.1, -0.05) is 52.9 Å². The molecule has 2 heteroatoms. The zero-order valence-corrected chi connectivity index (χ0v) is 13.5. The molecule has 0 aliphatic heterocycles. The van der Waals surface area contributed by atoms with E-state index in [9.17, 15) is 5.11 Å². The van der Waals surface area contributed by atoms with Crippen molar-refractivity contribution in [2.24, 2.45) is 11.3 Å². The van der Waals surface area contributed by atoms with Crippen molar-refractivity contribution in [1.82, 2.24) is 0 Å². The molecule has 19 heavy (non-hydrogen) atoms. The van der Waals surface area contributed by atoms with Crippen LogP contribution in [0.25, 0.3) is 0 Å². The van der Waals surface area contributed by atoms with Gasteiger partial charge in [0.2, 0.25) is 0 Å². The van der Waals surface area contributed by atoms with Crippen molar-refractivity contribution in [3.8, 4) is 0 Å². The Hall–Kier alpha value is -0.0800. The van der Waals surface area contributed by atoms with Crippen LogP contribution < -0.4 is 0 Å². The van der Waals surface area contributed by atoms with Crippen molar-refractivity contribution in [1.29, 1.82) is 0 Å². The SMILES string of the molecule is CCCCCC(C)(CCCC)CC[C@H](CO)CCO. The minimum absolute atomic E-state index is 0.201. The molecule has 0 spiro atoms. The van der Waals surface area contributed by atoms with Crippen LogP contribution in [-0.2, 0) is 0 Å². The first-order valence-electron chi connectivity index (χ1n) is 8.33. The number of unbranched alkanes of at least 4 members (excludes halogenated alkanes) is 3. The van der Waals surface area contributed by atoms with Gasteiger partial charge in [-0.3, -0.25) is 0 Å². The first kappa shape index (κ1) is 18.9. The van der Waals surface area contributed by atoms with Crippen LogP contribution in [0.2, 0.25) is 0 Å². The van der Waals surface area contributed by atoms with E-state index >= 15 is 0 Å². The first-order chi connectivity index (χ1) is 9.11. The summed E-state index contributed by atoms with van der Waals surface area (Å²) < 4.78 is 0. The van der Waals surface area contributed by atoms with E-state index < -0.39 is 0 Å². The van der Waals surface area contributed by atoms with Gasteiger partial charge < -0.3 is 10.2 Å². The summed E-state index contributed by atoms with van der Waals surface area (Å²) in [6.07, 6.45) is 12.2. The van der Waals surface area contributed by atoms with Gasteiger partial charge in [-0.25, -0.2) is 0 Å². The minimum Gasteiger partial charge on any atom is -0.396 e. The second-order valence-corrected chi connectivity index (χ2v) is 6.47. The maximum absolute atomic E-state index is 9.33. The summed E-state index contributed by atoms with van der Waals surface area (Å²) in [5.41, 5.74) is 0.439. The van der Waals surface area contributed by atoms with Gasteiger partial charge in [0.1, 0.15) is 0 Å². The molecular weight excluding hydrogens is 236 g/mol. The smallest absolute Gasteiger partial charge is 0.0460 e. The number of rotatable bonds is 13. The van der Waals surface area contributed by atoms with Crippen LogP contribution in [-0.4, -0.2) is 23.4 Å². The zero-order valence-electron chi connectivity index (χ0n) is 13.5. The predicted octanol–water partition coefficient (Wildman–Crippen LogP) is 4.53. The van der Waals surface area contributed by atoms with E-state index in [-0.39, 0.29) is 19.1 Å². The first-order valence-corrected chi connectivity index (χ1v) is 8.33. The van der Waals surface area contributed by atoms with E-state index in [0.29, 0.717) is 5.41 Å². The second-order valence-electron chi connectivity index (χ2n) is 6.47. The maximum atomic E-state index is 9.33. The standard InChI is InChI=1S/C17H36O2/c1-4-6-8-12-17(3,11-7-5-2)13-9-16(15-19)10-14-18/h16,18-19H,4-15H2,1-3H3/t16-,17?/m0/s1. The molecule has 0 radical (unpaired) electrons. The van der Waals surface area contributed by atoms with E-state index in [0.717, 1.165) is 12.8 Å². The highest BCUT2D eigenvalue weighted by atomic mass is 16.3. The van der Waals surface area contributed by atoms with E-state index in [1.807, 2.05) is 0 Å². The summed E-state index contributed by atoms with van der Waals surface area (Å²) in [4.78, 5) is 0. The molecular formula is C17H36O2. The lowest BCUT2D eigenvalue weighted by molar-refractivity contribution is 0.148. The summed E-state index contributed by atoms with van der Waals surface area (Å²) in [6.45, 7) is 7.36. The highest BCUT2D eigenvalue weighted by molar-refractivity contribution is 4.76. The van der Waals surface area contributed by atoms with E-state index in [4.69, 9.17) is 5.11 Å². The lowest BCUT2D eigenvalue weighted by Gasteiger charge is -2.31. The van der Waals surface area contributed by atoms with Crippen LogP contribution in [0.5, 0.6) is 0 Å². The van der Waals surface area contributed by atoms with Crippen molar-refractivity contribution in [3.05, 3.63) is 0 Å². The van der Waals surface area contributed by atoms with E-state index in [1.54, 1.807) is 0 Å². The molecule has 0 fully saturated rings. The largest absolute Gasteiger partial charge is 0.396 e. The molecule has 0 aromatic heterocycles. The van der Waals surface area contributed by atoms with Crippen molar-refractivity contribution in [3.63, 3.8) is 0 Å². The molecule has 0 saturated heterocycles. The molecule has 116 valence electrons. The third-order valence-electron chi connectivity index (χ3n) is 4.47. The normalized spacial score (nSPS) is 16.3. The fourth-order valence-corrected chi connectivity index (χ4v) is 2.84. The number of hydrogen-bond donors (Lipinski definition) is 2. The van der Waals surface area contributed by atoms with Crippen LogP contribution in [0.15, 0.2) is 0 Å². The van der Waals surface area contributed by atoms with Crippen molar-refractivity contribution in [2.75, 3.05) is 13.2 Å². The van der Waals surface area contributed by atoms with Crippen LogP contribution in [0.1, 0.15) is 85.0 Å². The van der Waals surface area contributed by atoms with Crippen LogP contribution in [0.4, 0.5) is 0 Å². The fraction of sp³-hybridized carbons (Fsp3) is 1.00. The molecule has 0 aliphatic carbocycles. The van der Waals surface area contributed by atoms with Gasteiger partial charge in [0.25, 0.3) is 0 Å².